The molecule has 1 saturated heterocycles. The third-order valence-corrected chi connectivity index (χ3v) is 6.06. The molecule has 0 aliphatic carbocycles. The quantitative estimate of drug-likeness (QED) is 0.401. The van der Waals surface area contributed by atoms with Crippen LogP contribution >= 0.6 is 23.4 Å². The first-order valence-electron chi connectivity index (χ1n) is 9.40. The molecule has 1 amide bonds. The van der Waals surface area contributed by atoms with Crippen molar-refractivity contribution >= 4 is 46.3 Å². The van der Waals surface area contributed by atoms with Crippen LogP contribution in [0.4, 0.5) is 17.1 Å². The molecule has 7 nitrogen and oxygen atoms in total. The predicted octanol–water partition coefficient (Wildman–Crippen LogP) is 4.12. The normalized spacial score (nSPS) is 14.6. The van der Waals surface area contributed by atoms with Gasteiger partial charge in [0.05, 0.1) is 22.1 Å². The molecule has 0 saturated carbocycles. The van der Waals surface area contributed by atoms with Crippen molar-refractivity contribution < 1.29 is 9.72 Å². The Kier molecular flexibility index (Phi) is 7.35. The van der Waals surface area contributed by atoms with Gasteiger partial charge < -0.3 is 15.1 Å². The van der Waals surface area contributed by atoms with Gasteiger partial charge in [0, 0.05) is 48.2 Å². The Bertz CT molecular complexity index is 871. The molecule has 29 heavy (non-hydrogen) atoms. The Balaban J connectivity index is 1.62. The number of amides is 1. The topological polar surface area (TPSA) is 78.7 Å². The van der Waals surface area contributed by atoms with Crippen LogP contribution < -0.4 is 10.2 Å². The number of halogens is 1. The molecule has 154 valence electrons. The number of piperazine rings is 1. The van der Waals surface area contributed by atoms with E-state index in [9.17, 15) is 14.9 Å². The average molecular weight is 435 g/mol. The standard InChI is InChI=1S/C20H23ClN4O3S/c1-2-23-9-11-24(12-10-23)19-8-3-15(21)13-18(19)22-20(26)14-29-17-6-4-16(5-7-17)25(27)28/h3-8,13H,2,9-12,14H2,1H3,(H,22,26). The molecule has 1 fully saturated rings. The number of nitrogens with one attached hydrogen (secondary N) is 1. The number of non-ortho nitro benzene ring substituents is 1. The number of hydrogen-bond donors (Lipinski definition) is 1. The van der Waals surface area contributed by atoms with E-state index in [1.54, 1.807) is 18.2 Å². The summed E-state index contributed by atoms with van der Waals surface area (Å²) < 4.78 is 0. The number of nitrogens with zero attached hydrogens (tertiary/aromatic N) is 3. The third-order valence-electron chi connectivity index (χ3n) is 4.81. The highest BCUT2D eigenvalue weighted by Gasteiger charge is 2.19. The lowest BCUT2D eigenvalue weighted by Crippen LogP contribution is -2.46. The molecule has 1 heterocycles. The molecule has 0 aromatic heterocycles. The summed E-state index contributed by atoms with van der Waals surface area (Å²) in [5.74, 6) is 0.0527. The number of carbonyl (C=O) groups excluding carboxylic acids is 1. The summed E-state index contributed by atoms with van der Waals surface area (Å²) in [5.41, 5.74) is 1.71. The number of nitro groups is 1. The van der Waals surface area contributed by atoms with Gasteiger partial charge in [0.1, 0.15) is 0 Å². The first kappa shape index (κ1) is 21.4. The Morgan fingerprint density at radius 2 is 1.86 bits per heavy atom. The van der Waals surface area contributed by atoms with Gasteiger partial charge >= 0.3 is 0 Å². The fourth-order valence-corrected chi connectivity index (χ4v) is 4.06. The number of hydrogen-bond acceptors (Lipinski definition) is 6. The van der Waals surface area contributed by atoms with Gasteiger partial charge in [-0.15, -0.1) is 11.8 Å². The van der Waals surface area contributed by atoms with Gasteiger partial charge in [-0.1, -0.05) is 18.5 Å². The number of rotatable bonds is 7. The molecule has 1 aliphatic rings. The summed E-state index contributed by atoms with van der Waals surface area (Å²) in [6.45, 7) is 6.97. The predicted molar refractivity (Wildman–Crippen MR) is 118 cm³/mol. The van der Waals surface area contributed by atoms with Gasteiger partial charge in [-0.2, -0.15) is 0 Å². The smallest absolute Gasteiger partial charge is 0.269 e. The fraction of sp³-hybridized carbons (Fsp3) is 0.350. The van der Waals surface area contributed by atoms with E-state index in [0.29, 0.717) is 10.7 Å². The van der Waals surface area contributed by atoms with Crippen molar-refractivity contribution in [3.8, 4) is 0 Å². The first-order chi connectivity index (χ1) is 14.0. The number of anilines is 2. The van der Waals surface area contributed by atoms with Crippen LogP contribution in [0, 0.1) is 10.1 Å². The Morgan fingerprint density at radius 1 is 1.17 bits per heavy atom. The van der Waals surface area contributed by atoms with Crippen molar-refractivity contribution in [2.75, 3.05) is 48.7 Å². The molecule has 0 spiro atoms. The minimum absolute atomic E-state index is 0.0329. The number of likely N-dealkylation sites (N-methyl/N-ethyl adjacent to an activating group) is 1. The number of nitro benzene ring substituents is 1. The number of carbonyl (C=O) groups is 1. The van der Waals surface area contributed by atoms with E-state index >= 15 is 0 Å². The van der Waals surface area contributed by atoms with Crippen molar-refractivity contribution in [1.82, 2.24) is 4.90 Å². The van der Waals surface area contributed by atoms with Crippen molar-refractivity contribution in [3.05, 3.63) is 57.6 Å². The lowest BCUT2D eigenvalue weighted by Gasteiger charge is -2.36. The van der Waals surface area contributed by atoms with E-state index < -0.39 is 4.92 Å². The van der Waals surface area contributed by atoms with Crippen LogP contribution in [0.25, 0.3) is 0 Å². The van der Waals surface area contributed by atoms with E-state index in [4.69, 9.17) is 11.6 Å². The molecule has 0 bridgehead atoms. The summed E-state index contributed by atoms with van der Waals surface area (Å²) in [4.78, 5) is 28.2. The van der Waals surface area contributed by atoms with Crippen LogP contribution in [-0.2, 0) is 4.79 Å². The van der Waals surface area contributed by atoms with Crippen molar-refractivity contribution in [3.63, 3.8) is 0 Å². The molecule has 1 aliphatic heterocycles. The maximum Gasteiger partial charge on any atom is 0.269 e. The van der Waals surface area contributed by atoms with Crippen LogP contribution in [0.3, 0.4) is 0 Å². The zero-order valence-corrected chi connectivity index (χ0v) is 17.7. The maximum atomic E-state index is 12.5. The monoisotopic (exact) mass is 434 g/mol. The summed E-state index contributed by atoms with van der Waals surface area (Å²) in [6.07, 6.45) is 0. The molecule has 0 atom stereocenters. The van der Waals surface area contributed by atoms with E-state index in [1.807, 2.05) is 12.1 Å². The number of benzene rings is 2. The van der Waals surface area contributed by atoms with Gasteiger partial charge in [0.15, 0.2) is 0 Å². The Labute approximate surface area is 179 Å². The van der Waals surface area contributed by atoms with Gasteiger partial charge in [0.25, 0.3) is 5.69 Å². The molecule has 1 N–H and O–H groups in total. The van der Waals surface area contributed by atoms with Crippen LogP contribution in [0.1, 0.15) is 6.92 Å². The molecular formula is C20H23ClN4O3S. The molecule has 0 radical (unpaired) electrons. The largest absolute Gasteiger partial charge is 0.367 e. The minimum Gasteiger partial charge on any atom is -0.367 e. The fourth-order valence-electron chi connectivity index (χ4n) is 3.19. The highest BCUT2D eigenvalue weighted by molar-refractivity contribution is 8.00. The second-order valence-corrected chi connectivity index (χ2v) is 8.16. The lowest BCUT2D eigenvalue weighted by atomic mass is 10.2. The lowest BCUT2D eigenvalue weighted by molar-refractivity contribution is -0.384. The molecule has 2 aromatic carbocycles. The summed E-state index contributed by atoms with van der Waals surface area (Å²) in [7, 11) is 0. The minimum atomic E-state index is -0.442. The Hall–Kier alpha value is -2.29. The van der Waals surface area contributed by atoms with Crippen LogP contribution in [0.2, 0.25) is 5.02 Å². The van der Waals surface area contributed by atoms with Crippen LogP contribution in [0.15, 0.2) is 47.4 Å². The summed E-state index contributed by atoms with van der Waals surface area (Å²) in [6, 6.07) is 11.7. The van der Waals surface area contributed by atoms with E-state index in [0.717, 1.165) is 43.3 Å². The second-order valence-electron chi connectivity index (χ2n) is 6.67. The van der Waals surface area contributed by atoms with Gasteiger partial charge in [0.2, 0.25) is 5.91 Å². The average Bonchev–Trinajstić information content (AvgIpc) is 2.73. The molecule has 2 aromatic rings. The van der Waals surface area contributed by atoms with E-state index in [-0.39, 0.29) is 17.3 Å². The zero-order chi connectivity index (χ0) is 20.8. The highest BCUT2D eigenvalue weighted by Crippen LogP contribution is 2.30. The van der Waals surface area contributed by atoms with Crippen LogP contribution in [-0.4, -0.2) is 54.2 Å². The molecule has 0 unspecified atom stereocenters. The van der Waals surface area contributed by atoms with Gasteiger partial charge in [-0.05, 0) is 36.9 Å². The van der Waals surface area contributed by atoms with Crippen molar-refractivity contribution in [2.45, 2.75) is 11.8 Å². The third kappa shape index (κ3) is 5.85. The Morgan fingerprint density at radius 3 is 2.48 bits per heavy atom. The SMILES string of the molecule is CCN1CCN(c2ccc(Cl)cc2NC(=O)CSc2ccc([N+](=O)[O-])cc2)CC1. The van der Waals surface area contributed by atoms with Crippen LogP contribution in [0.5, 0.6) is 0 Å². The van der Waals surface area contributed by atoms with Gasteiger partial charge in [-0.3, -0.25) is 14.9 Å². The number of thioether (sulfide) groups is 1. The van der Waals surface area contributed by atoms with Gasteiger partial charge in [-0.25, -0.2) is 0 Å². The zero-order valence-electron chi connectivity index (χ0n) is 16.1. The highest BCUT2D eigenvalue weighted by atomic mass is 35.5. The van der Waals surface area contributed by atoms with Crippen molar-refractivity contribution in [1.29, 1.82) is 0 Å². The summed E-state index contributed by atoms with van der Waals surface area (Å²) >= 11 is 7.49. The first-order valence-corrected chi connectivity index (χ1v) is 10.8. The van der Waals surface area contributed by atoms with Crippen molar-refractivity contribution in [2.24, 2.45) is 0 Å². The second kappa shape index (κ2) is 9.96. The molecule has 9 heteroatoms. The molecule has 3 rings (SSSR count). The summed E-state index contributed by atoms with van der Waals surface area (Å²) in [5, 5.41) is 14.3. The van der Waals surface area contributed by atoms with E-state index in [1.165, 1.54) is 23.9 Å². The maximum absolute atomic E-state index is 12.5. The molecular weight excluding hydrogens is 412 g/mol. The van der Waals surface area contributed by atoms with E-state index in [2.05, 4.69) is 22.0 Å².